The highest BCUT2D eigenvalue weighted by molar-refractivity contribution is 7.07. The van der Waals surface area contributed by atoms with E-state index in [-0.39, 0.29) is 0 Å². The summed E-state index contributed by atoms with van der Waals surface area (Å²) in [4.78, 5) is 0. The first-order chi connectivity index (χ1) is 10.2. The van der Waals surface area contributed by atoms with Crippen LogP contribution in [0.3, 0.4) is 0 Å². The monoisotopic (exact) mass is 325 g/mol. The fourth-order valence-corrected chi connectivity index (χ4v) is 3.59. The summed E-state index contributed by atoms with van der Waals surface area (Å²) in [6.45, 7) is 5.32. The normalized spacial score (nSPS) is 12.8. The fraction of sp³-hybridized carbons (Fsp3) is 0.562. The van der Waals surface area contributed by atoms with Crippen molar-refractivity contribution in [1.29, 1.82) is 0 Å². The molecule has 21 heavy (non-hydrogen) atoms. The third kappa shape index (κ3) is 4.31. The maximum absolute atomic E-state index is 6.48. The number of aromatic nitrogens is 2. The number of nitrogens with one attached hydrogen (secondary N) is 1. The van der Waals surface area contributed by atoms with E-state index < -0.39 is 0 Å². The van der Waals surface area contributed by atoms with Crippen molar-refractivity contribution in [2.24, 2.45) is 7.05 Å². The number of hydrogen-bond acceptors (Lipinski definition) is 3. The van der Waals surface area contributed by atoms with Gasteiger partial charge in [0.2, 0.25) is 0 Å². The van der Waals surface area contributed by atoms with Gasteiger partial charge in [-0.2, -0.15) is 16.4 Å². The maximum Gasteiger partial charge on any atom is 0.0850 e. The lowest BCUT2D eigenvalue weighted by molar-refractivity contribution is 0.491. The predicted molar refractivity (Wildman–Crippen MR) is 91.4 cm³/mol. The molecular weight excluding hydrogens is 302 g/mol. The van der Waals surface area contributed by atoms with Crippen LogP contribution in [0.25, 0.3) is 0 Å². The van der Waals surface area contributed by atoms with E-state index in [0.717, 1.165) is 48.6 Å². The molecular formula is C16H24ClN3S. The van der Waals surface area contributed by atoms with Crippen molar-refractivity contribution in [3.05, 3.63) is 38.8 Å². The Morgan fingerprint density at radius 3 is 2.76 bits per heavy atom. The smallest absolute Gasteiger partial charge is 0.0850 e. The quantitative estimate of drug-likeness (QED) is 0.799. The van der Waals surface area contributed by atoms with Crippen LogP contribution < -0.4 is 5.32 Å². The third-order valence-corrected chi connectivity index (χ3v) is 4.86. The number of nitrogens with zero attached hydrogens (tertiary/aromatic N) is 2. The molecule has 0 spiro atoms. The van der Waals surface area contributed by atoms with Crippen LogP contribution in [-0.2, 0) is 26.3 Å². The molecule has 1 N–H and O–H groups in total. The minimum atomic E-state index is 0.400. The van der Waals surface area contributed by atoms with Crippen molar-refractivity contribution in [3.8, 4) is 0 Å². The van der Waals surface area contributed by atoms with Crippen molar-refractivity contribution in [2.45, 2.75) is 45.6 Å². The molecule has 0 amide bonds. The molecule has 2 rings (SSSR count). The summed E-state index contributed by atoms with van der Waals surface area (Å²) in [5, 5.41) is 13.4. The van der Waals surface area contributed by atoms with Crippen LogP contribution in [0, 0.1) is 0 Å². The summed E-state index contributed by atoms with van der Waals surface area (Å²) in [6.07, 6.45) is 3.97. The molecule has 0 saturated heterocycles. The van der Waals surface area contributed by atoms with Crippen LogP contribution in [-0.4, -0.2) is 22.4 Å². The Kier molecular flexibility index (Phi) is 6.27. The highest BCUT2D eigenvalue weighted by atomic mass is 35.5. The van der Waals surface area contributed by atoms with Crippen molar-refractivity contribution < 1.29 is 0 Å². The van der Waals surface area contributed by atoms with Crippen LogP contribution in [0.2, 0.25) is 5.02 Å². The number of thiophene rings is 1. The Morgan fingerprint density at radius 1 is 1.38 bits per heavy atom. The van der Waals surface area contributed by atoms with Crippen LogP contribution in [0.4, 0.5) is 0 Å². The molecule has 0 aliphatic carbocycles. The summed E-state index contributed by atoms with van der Waals surface area (Å²) in [5.41, 5.74) is 3.53. The van der Waals surface area contributed by atoms with E-state index >= 15 is 0 Å². The van der Waals surface area contributed by atoms with Gasteiger partial charge in [-0.25, -0.2) is 0 Å². The molecule has 0 saturated carbocycles. The van der Waals surface area contributed by atoms with E-state index in [1.807, 2.05) is 11.7 Å². The van der Waals surface area contributed by atoms with E-state index in [1.54, 1.807) is 11.3 Å². The van der Waals surface area contributed by atoms with Gasteiger partial charge >= 0.3 is 0 Å². The molecule has 1 atom stereocenters. The standard InChI is InChI=1S/C16H24ClN3S/c1-4-7-18-13(9-12-6-8-21-11-12)10-15-16(17)14(5-2)19-20(15)3/h6,8,11,13,18H,4-5,7,9-10H2,1-3H3. The first kappa shape index (κ1) is 16.5. The van der Waals surface area contributed by atoms with E-state index in [9.17, 15) is 0 Å². The molecule has 2 aromatic rings. The van der Waals surface area contributed by atoms with E-state index in [0.29, 0.717) is 6.04 Å². The predicted octanol–water partition coefficient (Wildman–Crippen LogP) is 3.85. The molecule has 2 heterocycles. The Balaban J connectivity index is 2.12. The van der Waals surface area contributed by atoms with Crippen molar-refractivity contribution >= 4 is 22.9 Å². The van der Waals surface area contributed by atoms with E-state index in [1.165, 1.54) is 5.56 Å². The number of hydrogen-bond donors (Lipinski definition) is 1. The van der Waals surface area contributed by atoms with Gasteiger partial charge in [0.15, 0.2) is 0 Å². The average Bonchev–Trinajstić information content (AvgIpc) is 3.07. The SMILES string of the molecule is CCCNC(Cc1ccsc1)Cc1c(Cl)c(CC)nn1C. The molecule has 0 aliphatic heterocycles. The minimum absolute atomic E-state index is 0.400. The summed E-state index contributed by atoms with van der Waals surface area (Å²) in [6, 6.07) is 2.60. The van der Waals surface area contributed by atoms with Crippen LogP contribution >= 0.6 is 22.9 Å². The summed E-state index contributed by atoms with van der Waals surface area (Å²) >= 11 is 8.24. The number of halogens is 1. The van der Waals surface area contributed by atoms with Crippen LogP contribution in [0.5, 0.6) is 0 Å². The molecule has 3 nitrogen and oxygen atoms in total. The lowest BCUT2D eigenvalue weighted by atomic mass is 10.0. The zero-order valence-corrected chi connectivity index (χ0v) is 14.6. The third-order valence-electron chi connectivity index (χ3n) is 3.69. The van der Waals surface area contributed by atoms with Gasteiger partial charge in [-0.15, -0.1) is 0 Å². The molecule has 0 radical (unpaired) electrons. The van der Waals surface area contributed by atoms with Gasteiger partial charge in [-0.1, -0.05) is 25.4 Å². The van der Waals surface area contributed by atoms with Crippen LogP contribution in [0.1, 0.15) is 37.2 Å². The fourth-order valence-electron chi connectivity index (χ4n) is 2.53. The minimum Gasteiger partial charge on any atom is -0.313 e. The second-order valence-electron chi connectivity index (χ2n) is 5.38. The van der Waals surface area contributed by atoms with Gasteiger partial charge in [-0.05, 0) is 48.2 Å². The first-order valence-corrected chi connectivity index (χ1v) is 8.92. The van der Waals surface area contributed by atoms with Crippen molar-refractivity contribution in [1.82, 2.24) is 15.1 Å². The second kappa shape index (κ2) is 7.97. The summed E-state index contributed by atoms with van der Waals surface area (Å²) in [5.74, 6) is 0. The van der Waals surface area contributed by atoms with Gasteiger partial charge in [-0.3, -0.25) is 4.68 Å². The molecule has 2 aromatic heterocycles. The zero-order valence-electron chi connectivity index (χ0n) is 13.0. The molecule has 5 heteroatoms. The molecule has 0 aromatic carbocycles. The summed E-state index contributed by atoms with van der Waals surface area (Å²) < 4.78 is 1.94. The van der Waals surface area contributed by atoms with Gasteiger partial charge < -0.3 is 5.32 Å². The Morgan fingerprint density at radius 2 is 2.19 bits per heavy atom. The highest BCUT2D eigenvalue weighted by Crippen LogP contribution is 2.23. The van der Waals surface area contributed by atoms with Gasteiger partial charge in [0.1, 0.15) is 0 Å². The van der Waals surface area contributed by atoms with Crippen molar-refractivity contribution in [2.75, 3.05) is 6.54 Å². The number of aryl methyl sites for hydroxylation is 2. The molecule has 1 unspecified atom stereocenters. The topological polar surface area (TPSA) is 29.9 Å². The first-order valence-electron chi connectivity index (χ1n) is 7.60. The Hall–Kier alpha value is -0.840. The Labute approximate surface area is 136 Å². The lowest BCUT2D eigenvalue weighted by Gasteiger charge is -2.18. The van der Waals surface area contributed by atoms with Gasteiger partial charge in [0.25, 0.3) is 0 Å². The lowest BCUT2D eigenvalue weighted by Crippen LogP contribution is -2.34. The largest absolute Gasteiger partial charge is 0.313 e. The van der Waals surface area contributed by atoms with E-state index in [4.69, 9.17) is 11.6 Å². The van der Waals surface area contributed by atoms with Gasteiger partial charge in [0, 0.05) is 19.5 Å². The number of rotatable bonds is 8. The average molecular weight is 326 g/mol. The molecule has 0 fully saturated rings. The molecule has 0 aliphatic rings. The van der Waals surface area contributed by atoms with Gasteiger partial charge in [0.05, 0.1) is 16.4 Å². The Bertz CT molecular complexity index is 548. The second-order valence-corrected chi connectivity index (χ2v) is 6.53. The zero-order chi connectivity index (χ0) is 15.2. The summed E-state index contributed by atoms with van der Waals surface area (Å²) in [7, 11) is 1.99. The van der Waals surface area contributed by atoms with Crippen LogP contribution in [0.15, 0.2) is 16.8 Å². The maximum atomic E-state index is 6.48. The highest BCUT2D eigenvalue weighted by Gasteiger charge is 2.18. The van der Waals surface area contributed by atoms with E-state index in [2.05, 4.69) is 41.1 Å². The molecule has 0 bridgehead atoms. The van der Waals surface area contributed by atoms with Crippen molar-refractivity contribution in [3.63, 3.8) is 0 Å². The molecule has 116 valence electrons.